The van der Waals surface area contributed by atoms with Crippen molar-refractivity contribution in [3.8, 4) is 0 Å². The first-order valence-electron chi connectivity index (χ1n) is 11.8. The number of aromatic amines is 1. The molecule has 1 saturated heterocycles. The van der Waals surface area contributed by atoms with Gasteiger partial charge in [-0.05, 0) is 66.4 Å². The maximum atomic E-state index is 13.3. The summed E-state index contributed by atoms with van der Waals surface area (Å²) in [7, 11) is 0. The molecule has 174 valence electrons. The first kappa shape index (κ1) is 22.7. The molecule has 2 aromatic rings. The van der Waals surface area contributed by atoms with Gasteiger partial charge in [0.05, 0.1) is 23.5 Å². The Labute approximate surface area is 190 Å². The molecule has 0 aliphatic carbocycles. The van der Waals surface area contributed by atoms with Crippen molar-refractivity contribution in [1.82, 2.24) is 29.5 Å². The molecule has 1 amide bonds. The number of carbonyl (C=O) groups excluding carboxylic acids is 1. The lowest BCUT2D eigenvalue weighted by Crippen LogP contribution is -2.40. The molecule has 2 aromatic heterocycles. The zero-order chi connectivity index (χ0) is 23.2. The van der Waals surface area contributed by atoms with Crippen LogP contribution >= 0.6 is 0 Å². The summed E-state index contributed by atoms with van der Waals surface area (Å²) >= 11 is 0. The smallest absolute Gasteiger partial charge is 0.254 e. The number of H-pyrrole nitrogens is 1. The summed E-state index contributed by atoms with van der Waals surface area (Å²) in [5, 5.41) is 4.63. The molecule has 0 bridgehead atoms. The highest BCUT2D eigenvalue weighted by molar-refractivity contribution is 5.77. The van der Waals surface area contributed by atoms with Crippen LogP contribution in [-0.4, -0.2) is 54.6 Å². The summed E-state index contributed by atoms with van der Waals surface area (Å²) in [4.78, 5) is 38.2. The summed E-state index contributed by atoms with van der Waals surface area (Å²) in [6.07, 6.45) is 2.86. The third-order valence-electron chi connectivity index (χ3n) is 7.31. The Kier molecular flexibility index (Phi) is 6.25. The first-order chi connectivity index (χ1) is 15.2. The molecule has 2 aliphatic rings. The minimum Gasteiger partial charge on any atom is -0.332 e. The van der Waals surface area contributed by atoms with E-state index in [0.717, 1.165) is 48.5 Å². The summed E-state index contributed by atoms with van der Waals surface area (Å²) in [5.41, 5.74) is 4.92. The standard InChI is InChI=1S/C24H36N6O2/c1-14(2)28-11-9-19-20(13-28)25-23(26-24(19)32)21-8-7-10-29(21)22(31)12-15(3)30-18(6)16(4)17(5)27-30/h14-15,21H,7-13H2,1-6H3,(H,25,26,32)/t15-,21-/m0/s1. The molecule has 4 heterocycles. The Morgan fingerprint density at radius 2 is 1.94 bits per heavy atom. The molecular formula is C24H36N6O2. The fourth-order valence-electron chi connectivity index (χ4n) is 5.06. The molecular weight excluding hydrogens is 404 g/mol. The number of nitrogens with one attached hydrogen (secondary N) is 1. The quantitative estimate of drug-likeness (QED) is 0.772. The van der Waals surface area contributed by atoms with E-state index >= 15 is 0 Å². The summed E-state index contributed by atoms with van der Waals surface area (Å²) in [5.74, 6) is 0.731. The predicted octanol–water partition coefficient (Wildman–Crippen LogP) is 2.97. The molecule has 0 saturated carbocycles. The van der Waals surface area contributed by atoms with Crippen LogP contribution in [0.25, 0.3) is 0 Å². The van der Waals surface area contributed by atoms with Crippen molar-refractivity contribution in [2.45, 2.75) is 91.9 Å². The van der Waals surface area contributed by atoms with Crippen LogP contribution in [0.3, 0.4) is 0 Å². The average molecular weight is 441 g/mol. The molecule has 1 N–H and O–H groups in total. The SMILES string of the molecule is Cc1nn([C@@H](C)CC(=O)N2CCC[C@H]2c2nc3c(c(=O)[nH]2)CCN(C(C)C)C3)c(C)c1C. The van der Waals surface area contributed by atoms with Gasteiger partial charge in [-0.3, -0.25) is 19.2 Å². The van der Waals surface area contributed by atoms with Gasteiger partial charge in [0.15, 0.2) is 0 Å². The van der Waals surface area contributed by atoms with Gasteiger partial charge in [0.25, 0.3) is 5.56 Å². The van der Waals surface area contributed by atoms with Gasteiger partial charge < -0.3 is 9.88 Å². The minimum atomic E-state index is -0.163. The second kappa shape index (κ2) is 8.81. The Bertz CT molecular complexity index is 1070. The largest absolute Gasteiger partial charge is 0.332 e. The minimum absolute atomic E-state index is 0.0220. The zero-order valence-corrected chi connectivity index (χ0v) is 20.2. The Hall–Kier alpha value is -2.48. The molecule has 0 unspecified atom stereocenters. The molecule has 2 atom stereocenters. The van der Waals surface area contributed by atoms with E-state index in [2.05, 4.69) is 42.7 Å². The lowest BCUT2D eigenvalue weighted by molar-refractivity contribution is -0.133. The number of hydrogen-bond acceptors (Lipinski definition) is 5. The third-order valence-corrected chi connectivity index (χ3v) is 7.31. The Balaban J connectivity index is 1.54. The normalized spacial score (nSPS) is 20.1. The van der Waals surface area contributed by atoms with Crippen molar-refractivity contribution < 1.29 is 4.79 Å². The highest BCUT2D eigenvalue weighted by Crippen LogP contribution is 2.32. The van der Waals surface area contributed by atoms with E-state index in [9.17, 15) is 9.59 Å². The number of rotatable bonds is 5. The van der Waals surface area contributed by atoms with Gasteiger partial charge in [-0.1, -0.05) is 0 Å². The van der Waals surface area contributed by atoms with Crippen molar-refractivity contribution in [3.05, 3.63) is 44.4 Å². The maximum Gasteiger partial charge on any atom is 0.254 e. The molecule has 0 radical (unpaired) electrons. The summed E-state index contributed by atoms with van der Waals surface area (Å²) in [6.45, 7) is 14.8. The first-order valence-corrected chi connectivity index (χ1v) is 11.8. The van der Waals surface area contributed by atoms with E-state index in [1.165, 1.54) is 5.56 Å². The van der Waals surface area contributed by atoms with E-state index < -0.39 is 0 Å². The highest BCUT2D eigenvalue weighted by atomic mass is 16.2. The molecule has 2 aliphatic heterocycles. The zero-order valence-electron chi connectivity index (χ0n) is 20.2. The van der Waals surface area contributed by atoms with Crippen molar-refractivity contribution in [1.29, 1.82) is 0 Å². The molecule has 1 fully saturated rings. The fraction of sp³-hybridized carbons (Fsp3) is 0.667. The number of hydrogen-bond donors (Lipinski definition) is 1. The molecule has 0 spiro atoms. The number of likely N-dealkylation sites (tertiary alicyclic amines) is 1. The van der Waals surface area contributed by atoms with Gasteiger partial charge in [-0.25, -0.2) is 4.98 Å². The van der Waals surface area contributed by atoms with Gasteiger partial charge in [0, 0.05) is 43.4 Å². The molecule has 0 aromatic carbocycles. The van der Waals surface area contributed by atoms with Crippen LogP contribution in [0.2, 0.25) is 0 Å². The average Bonchev–Trinajstić information content (AvgIpc) is 3.34. The van der Waals surface area contributed by atoms with Gasteiger partial charge >= 0.3 is 0 Å². The van der Waals surface area contributed by atoms with E-state index in [0.29, 0.717) is 31.4 Å². The predicted molar refractivity (Wildman–Crippen MR) is 124 cm³/mol. The lowest BCUT2D eigenvalue weighted by atomic mass is 10.0. The third kappa shape index (κ3) is 4.12. The second-order valence-electron chi connectivity index (χ2n) is 9.73. The maximum absolute atomic E-state index is 13.3. The molecule has 8 heteroatoms. The van der Waals surface area contributed by atoms with Crippen molar-refractivity contribution in [2.24, 2.45) is 0 Å². The fourth-order valence-corrected chi connectivity index (χ4v) is 5.06. The monoisotopic (exact) mass is 440 g/mol. The van der Waals surface area contributed by atoms with Gasteiger partial charge in [0.2, 0.25) is 5.91 Å². The molecule has 4 rings (SSSR count). The van der Waals surface area contributed by atoms with E-state index in [-0.39, 0.29) is 23.6 Å². The molecule has 32 heavy (non-hydrogen) atoms. The van der Waals surface area contributed by atoms with Crippen molar-refractivity contribution >= 4 is 5.91 Å². The van der Waals surface area contributed by atoms with Crippen LogP contribution in [0, 0.1) is 20.8 Å². The number of nitrogens with zero attached hydrogens (tertiary/aromatic N) is 5. The van der Waals surface area contributed by atoms with Gasteiger partial charge in [-0.15, -0.1) is 0 Å². The van der Waals surface area contributed by atoms with Crippen LogP contribution < -0.4 is 5.56 Å². The van der Waals surface area contributed by atoms with Gasteiger partial charge in [-0.2, -0.15) is 5.10 Å². The highest BCUT2D eigenvalue weighted by Gasteiger charge is 2.34. The van der Waals surface area contributed by atoms with Crippen molar-refractivity contribution in [3.63, 3.8) is 0 Å². The number of aryl methyl sites for hydroxylation is 1. The molecule has 8 nitrogen and oxygen atoms in total. The number of fused-ring (bicyclic) bond motifs is 1. The number of aromatic nitrogens is 4. The van der Waals surface area contributed by atoms with E-state index in [4.69, 9.17) is 4.98 Å². The summed E-state index contributed by atoms with van der Waals surface area (Å²) < 4.78 is 1.97. The number of amides is 1. The van der Waals surface area contributed by atoms with Crippen LogP contribution in [0.4, 0.5) is 0 Å². The summed E-state index contributed by atoms with van der Waals surface area (Å²) in [6, 6.07) is 0.229. The Morgan fingerprint density at radius 1 is 1.19 bits per heavy atom. The Morgan fingerprint density at radius 3 is 2.59 bits per heavy atom. The van der Waals surface area contributed by atoms with Crippen LogP contribution in [0.1, 0.15) is 86.2 Å². The lowest BCUT2D eigenvalue weighted by Gasteiger charge is -2.32. The van der Waals surface area contributed by atoms with Crippen molar-refractivity contribution in [2.75, 3.05) is 13.1 Å². The van der Waals surface area contributed by atoms with Crippen LogP contribution in [0.5, 0.6) is 0 Å². The van der Waals surface area contributed by atoms with Crippen LogP contribution in [-0.2, 0) is 17.8 Å². The number of carbonyl (C=O) groups is 1. The topological polar surface area (TPSA) is 87.1 Å². The van der Waals surface area contributed by atoms with E-state index in [1.54, 1.807) is 0 Å². The second-order valence-corrected chi connectivity index (χ2v) is 9.73. The van der Waals surface area contributed by atoms with Gasteiger partial charge in [0.1, 0.15) is 5.82 Å². The van der Waals surface area contributed by atoms with E-state index in [1.807, 2.05) is 23.4 Å². The van der Waals surface area contributed by atoms with Crippen LogP contribution in [0.15, 0.2) is 4.79 Å².